The first kappa shape index (κ1) is 16.9. The lowest BCUT2D eigenvalue weighted by molar-refractivity contribution is 0.0782. The molecule has 6 nitrogen and oxygen atoms in total. The Morgan fingerprint density at radius 3 is 2.21 bits per heavy atom. The van der Waals surface area contributed by atoms with E-state index >= 15 is 0 Å². The minimum absolute atomic E-state index is 0.107. The highest BCUT2D eigenvalue weighted by molar-refractivity contribution is 5.94. The van der Waals surface area contributed by atoms with E-state index in [4.69, 9.17) is 0 Å². The molecular weight excluding hydrogens is 350 g/mol. The Morgan fingerprint density at radius 2 is 1.57 bits per heavy atom. The Morgan fingerprint density at radius 1 is 0.857 bits per heavy atom. The van der Waals surface area contributed by atoms with Crippen LogP contribution in [0, 0.1) is 11.8 Å². The van der Waals surface area contributed by atoms with Crippen LogP contribution in [0.4, 0.5) is 5.82 Å². The number of hydrogen-bond donors (Lipinski definition) is 0. The van der Waals surface area contributed by atoms with Gasteiger partial charge in [0.05, 0.1) is 18.1 Å². The minimum Gasteiger partial charge on any atom is -0.355 e. The number of aromatic nitrogens is 3. The van der Waals surface area contributed by atoms with Crippen LogP contribution in [0.25, 0.3) is 11.3 Å². The molecule has 6 heteroatoms. The number of fused-ring (bicyclic) bond motifs is 1. The number of hydrogen-bond acceptors (Lipinski definition) is 5. The SMILES string of the molecule is O=C(c1ccncc1)N1CC2CN(c3cnc(-c4ccccc4)cn3)CC2C1. The molecule has 2 aliphatic heterocycles. The monoisotopic (exact) mass is 371 g/mol. The standard InChI is InChI=1S/C22H21N5O/c28-22(17-6-8-23-9-7-17)27-14-18-12-26(13-19(18)15-27)21-11-24-20(10-25-21)16-4-2-1-3-5-16/h1-11,18-19H,12-15H2. The Labute approximate surface area is 163 Å². The van der Waals surface area contributed by atoms with Gasteiger partial charge in [0.2, 0.25) is 0 Å². The van der Waals surface area contributed by atoms with Gasteiger partial charge in [-0.1, -0.05) is 30.3 Å². The summed E-state index contributed by atoms with van der Waals surface area (Å²) in [6.07, 6.45) is 7.05. The predicted octanol–water partition coefficient (Wildman–Crippen LogP) is 2.75. The van der Waals surface area contributed by atoms with Gasteiger partial charge in [-0.05, 0) is 12.1 Å². The molecule has 0 bridgehead atoms. The lowest BCUT2D eigenvalue weighted by Gasteiger charge is -2.22. The minimum atomic E-state index is 0.107. The fourth-order valence-corrected chi connectivity index (χ4v) is 4.27. The first-order valence-corrected chi connectivity index (χ1v) is 9.59. The second kappa shape index (κ2) is 7.03. The molecule has 140 valence electrons. The highest BCUT2D eigenvalue weighted by Crippen LogP contribution is 2.34. The molecule has 2 saturated heterocycles. The number of carbonyl (C=O) groups excluding carboxylic acids is 1. The number of carbonyl (C=O) groups is 1. The van der Waals surface area contributed by atoms with Gasteiger partial charge in [0.25, 0.3) is 5.91 Å². The molecule has 2 fully saturated rings. The van der Waals surface area contributed by atoms with E-state index in [0.29, 0.717) is 17.4 Å². The van der Waals surface area contributed by atoms with Crippen molar-refractivity contribution in [3.63, 3.8) is 0 Å². The molecule has 5 rings (SSSR count). The first-order chi connectivity index (χ1) is 13.8. The molecule has 0 radical (unpaired) electrons. The summed E-state index contributed by atoms with van der Waals surface area (Å²) in [5.41, 5.74) is 2.68. The summed E-state index contributed by atoms with van der Waals surface area (Å²) in [6, 6.07) is 13.7. The molecule has 1 aromatic carbocycles. The molecule has 1 amide bonds. The summed E-state index contributed by atoms with van der Waals surface area (Å²) in [5.74, 6) is 2.00. The molecule has 2 aromatic heterocycles. The summed E-state index contributed by atoms with van der Waals surface area (Å²) >= 11 is 0. The fraction of sp³-hybridized carbons (Fsp3) is 0.273. The molecule has 2 unspecified atom stereocenters. The van der Waals surface area contributed by atoms with E-state index in [2.05, 4.69) is 19.9 Å². The van der Waals surface area contributed by atoms with E-state index in [0.717, 1.165) is 43.3 Å². The van der Waals surface area contributed by atoms with Crippen LogP contribution < -0.4 is 4.90 Å². The quantitative estimate of drug-likeness (QED) is 0.708. The van der Waals surface area contributed by atoms with Crippen LogP contribution in [0.1, 0.15) is 10.4 Å². The maximum absolute atomic E-state index is 12.7. The van der Waals surface area contributed by atoms with Gasteiger partial charge in [0.1, 0.15) is 5.82 Å². The Kier molecular flexibility index (Phi) is 4.24. The third-order valence-electron chi connectivity index (χ3n) is 5.73. The van der Waals surface area contributed by atoms with E-state index in [1.165, 1.54) is 0 Å². The van der Waals surface area contributed by atoms with Crippen molar-refractivity contribution in [1.29, 1.82) is 0 Å². The molecule has 0 saturated carbocycles. The third-order valence-corrected chi connectivity index (χ3v) is 5.73. The van der Waals surface area contributed by atoms with Gasteiger partial charge in [0, 0.05) is 61.5 Å². The van der Waals surface area contributed by atoms with Crippen LogP contribution in [0.5, 0.6) is 0 Å². The van der Waals surface area contributed by atoms with E-state index in [-0.39, 0.29) is 5.91 Å². The zero-order valence-electron chi connectivity index (χ0n) is 15.5. The van der Waals surface area contributed by atoms with Crippen LogP contribution in [0.15, 0.2) is 67.3 Å². The second-order valence-corrected chi connectivity index (χ2v) is 7.50. The molecule has 2 aliphatic rings. The van der Waals surface area contributed by atoms with Gasteiger partial charge in [-0.15, -0.1) is 0 Å². The van der Waals surface area contributed by atoms with Gasteiger partial charge in [-0.2, -0.15) is 0 Å². The van der Waals surface area contributed by atoms with Crippen LogP contribution in [-0.2, 0) is 0 Å². The number of pyridine rings is 1. The summed E-state index contributed by atoms with van der Waals surface area (Å²) in [6.45, 7) is 3.45. The van der Waals surface area contributed by atoms with Crippen LogP contribution in [-0.4, -0.2) is 51.9 Å². The lowest BCUT2D eigenvalue weighted by Crippen LogP contribution is -2.33. The molecule has 4 heterocycles. The van der Waals surface area contributed by atoms with Crippen LogP contribution >= 0.6 is 0 Å². The van der Waals surface area contributed by atoms with E-state index in [1.807, 2.05) is 47.6 Å². The van der Waals surface area contributed by atoms with Crippen molar-refractivity contribution in [2.75, 3.05) is 31.1 Å². The number of anilines is 1. The molecule has 2 atom stereocenters. The average molecular weight is 371 g/mol. The predicted molar refractivity (Wildman–Crippen MR) is 107 cm³/mol. The van der Waals surface area contributed by atoms with Crippen molar-refractivity contribution >= 4 is 11.7 Å². The van der Waals surface area contributed by atoms with E-state index in [9.17, 15) is 4.79 Å². The third kappa shape index (κ3) is 3.11. The smallest absolute Gasteiger partial charge is 0.253 e. The largest absolute Gasteiger partial charge is 0.355 e. The number of amides is 1. The molecular formula is C22H21N5O. The molecule has 28 heavy (non-hydrogen) atoms. The molecule has 0 spiro atoms. The molecule has 0 N–H and O–H groups in total. The topological polar surface area (TPSA) is 62.2 Å². The van der Waals surface area contributed by atoms with Crippen molar-refractivity contribution in [2.24, 2.45) is 11.8 Å². The average Bonchev–Trinajstić information content (AvgIpc) is 3.34. The van der Waals surface area contributed by atoms with Crippen molar-refractivity contribution in [1.82, 2.24) is 19.9 Å². The van der Waals surface area contributed by atoms with Crippen molar-refractivity contribution in [3.05, 3.63) is 72.8 Å². The van der Waals surface area contributed by atoms with Gasteiger partial charge < -0.3 is 9.80 Å². The van der Waals surface area contributed by atoms with E-state index < -0.39 is 0 Å². The number of benzene rings is 1. The van der Waals surface area contributed by atoms with Crippen LogP contribution in [0.3, 0.4) is 0 Å². The zero-order valence-corrected chi connectivity index (χ0v) is 15.5. The highest BCUT2D eigenvalue weighted by Gasteiger charge is 2.42. The number of likely N-dealkylation sites (tertiary alicyclic amines) is 1. The second-order valence-electron chi connectivity index (χ2n) is 7.50. The zero-order chi connectivity index (χ0) is 18.9. The van der Waals surface area contributed by atoms with Gasteiger partial charge in [-0.25, -0.2) is 4.98 Å². The summed E-state index contributed by atoms with van der Waals surface area (Å²) in [7, 11) is 0. The summed E-state index contributed by atoms with van der Waals surface area (Å²) in [4.78, 5) is 30.2. The molecule has 0 aliphatic carbocycles. The maximum Gasteiger partial charge on any atom is 0.253 e. The molecule has 3 aromatic rings. The van der Waals surface area contributed by atoms with Crippen molar-refractivity contribution in [2.45, 2.75) is 0 Å². The van der Waals surface area contributed by atoms with Gasteiger partial charge in [0.15, 0.2) is 0 Å². The maximum atomic E-state index is 12.7. The number of nitrogens with zero attached hydrogens (tertiary/aromatic N) is 5. The highest BCUT2D eigenvalue weighted by atomic mass is 16.2. The summed E-state index contributed by atoms with van der Waals surface area (Å²) in [5, 5.41) is 0. The lowest BCUT2D eigenvalue weighted by atomic mass is 10.0. The first-order valence-electron chi connectivity index (χ1n) is 9.59. The summed E-state index contributed by atoms with van der Waals surface area (Å²) < 4.78 is 0. The van der Waals surface area contributed by atoms with Crippen LogP contribution in [0.2, 0.25) is 0 Å². The Balaban J connectivity index is 1.24. The van der Waals surface area contributed by atoms with E-state index in [1.54, 1.807) is 24.5 Å². The fourth-order valence-electron chi connectivity index (χ4n) is 4.27. The number of rotatable bonds is 3. The Hall–Kier alpha value is -3.28. The normalized spacial score (nSPS) is 21.0. The van der Waals surface area contributed by atoms with Crippen molar-refractivity contribution < 1.29 is 4.79 Å². The van der Waals surface area contributed by atoms with Crippen molar-refractivity contribution in [3.8, 4) is 11.3 Å². The Bertz CT molecular complexity index is 947. The van der Waals surface area contributed by atoms with Gasteiger partial charge in [-0.3, -0.25) is 14.8 Å². The van der Waals surface area contributed by atoms with Gasteiger partial charge >= 0.3 is 0 Å².